The number of aromatic nitrogens is 1. The Labute approximate surface area is 126 Å². The van der Waals surface area contributed by atoms with Crippen molar-refractivity contribution in [3.05, 3.63) is 24.4 Å². The number of hydrogen-bond donors (Lipinski definition) is 2. The molecular formula is C16H26N4O+2. The number of quaternary nitrogens is 1. The summed E-state index contributed by atoms with van der Waals surface area (Å²) in [7, 11) is 0. The lowest BCUT2D eigenvalue weighted by Gasteiger charge is -2.28. The maximum Gasteiger partial charge on any atom is 0.275 e. The molecule has 0 radical (unpaired) electrons. The molecule has 5 heteroatoms. The number of piperazine rings is 1. The number of carbonyl (C=O) groups excluding carboxylic acids is 1. The number of aromatic amines is 1. The van der Waals surface area contributed by atoms with Gasteiger partial charge in [-0.15, -0.1) is 0 Å². The topological polar surface area (TPSA) is 50.9 Å². The van der Waals surface area contributed by atoms with Crippen LogP contribution in [-0.4, -0.2) is 44.7 Å². The van der Waals surface area contributed by atoms with Gasteiger partial charge in [0.05, 0.1) is 6.20 Å². The molecule has 1 aromatic heterocycles. The van der Waals surface area contributed by atoms with Gasteiger partial charge in [-0.05, 0) is 18.9 Å². The molecule has 0 spiro atoms. The fraction of sp³-hybridized carbons (Fsp3) is 0.625. The van der Waals surface area contributed by atoms with Gasteiger partial charge in [0.2, 0.25) is 0 Å². The first kappa shape index (κ1) is 14.3. The molecule has 2 fully saturated rings. The minimum absolute atomic E-state index is 0.233. The molecule has 0 unspecified atom stereocenters. The van der Waals surface area contributed by atoms with Gasteiger partial charge in [0.1, 0.15) is 26.2 Å². The Hall–Kier alpha value is -1.62. The Kier molecular flexibility index (Phi) is 4.70. The second-order valence-electron chi connectivity index (χ2n) is 6.21. The lowest BCUT2D eigenvalue weighted by Crippen LogP contribution is -3.16. The van der Waals surface area contributed by atoms with E-state index >= 15 is 0 Å². The zero-order valence-electron chi connectivity index (χ0n) is 12.6. The van der Waals surface area contributed by atoms with Crippen LogP contribution in [0, 0.1) is 0 Å². The fourth-order valence-electron chi connectivity index (χ4n) is 3.40. The molecule has 1 aliphatic carbocycles. The molecule has 21 heavy (non-hydrogen) atoms. The molecule has 0 atom stereocenters. The second kappa shape index (κ2) is 6.89. The highest BCUT2D eigenvalue weighted by atomic mass is 16.2. The summed E-state index contributed by atoms with van der Waals surface area (Å²) in [4.78, 5) is 19.1. The van der Waals surface area contributed by atoms with E-state index in [2.05, 4.69) is 27.3 Å². The molecule has 0 aromatic carbocycles. The summed E-state index contributed by atoms with van der Waals surface area (Å²) in [6.07, 6.45) is 6.83. The van der Waals surface area contributed by atoms with Crippen LogP contribution in [0.2, 0.25) is 0 Å². The number of anilines is 1. The largest absolute Gasteiger partial charge is 0.348 e. The Bertz CT molecular complexity index is 451. The number of carbonyl (C=O) groups is 1. The van der Waals surface area contributed by atoms with Gasteiger partial charge < -0.3 is 10.2 Å². The number of rotatable bonds is 4. The van der Waals surface area contributed by atoms with E-state index in [-0.39, 0.29) is 5.91 Å². The number of hydrogen-bond acceptors (Lipinski definition) is 2. The monoisotopic (exact) mass is 290 g/mol. The van der Waals surface area contributed by atoms with Crippen molar-refractivity contribution in [2.24, 2.45) is 0 Å². The zero-order valence-corrected chi connectivity index (χ0v) is 12.6. The van der Waals surface area contributed by atoms with Crippen molar-refractivity contribution in [2.75, 3.05) is 37.6 Å². The van der Waals surface area contributed by atoms with Crippen LogP contribution in [0.15, 0.2) is 24.4 Å². The lowest BCUT2D eigenvalue weighted by atomic mass is 10.2. The molecule has 2 heterocycles. The third-order valence-electron chi connectivity index (χ3n) is 4.63. The van der Waals surface area contributed by atoms with Crippen LogP contribution in [0.25, 0.3) is 0 Å². The van der Waals surface area contributed by atoms with Crippen molar-refractivity contribution in [3.8, 4) is 0 Å². The molecule has 114 valence electrons. The lowest BCUT2D eigenvalue weighted by molar-refractivity contribution is -0.892. The van der Waals surface area contributed by atoms with E-state index < -0.39 is 0 Å². The smallest absolute Gasteiger partial charge is 0.275 e. The third-order valence-corrected chi connectivity index (χ3v) is 4.63. The molecule has 0 bridgehead atoms. The van der Waals surface area contributed by atoms with Crippen molar-refractivity contribution in [1.82, 2.24) is 5.32 Å². The van der Waals surface area contributed by atoms with Crippen molar-refractivity contribution in [2.45, 2.75) is 31.7 Å². The van der Waals surface area contributed by atoms with Gasteiger partial charge >= 0.3 is 0 Å². The number of nitrogens with one attached hydrogen (secondary N) is 3. The van der Waals surface area contributed by atoms with E-state index in [9.17, 15) is 4.79 Å². The van der Waals surface area contributed by atoms with Gasteiger partial charge in [-0.1, -0.05) is 18.9 Å². The molecule has 1 aromatic rings. The summed E-state index contributed by atoms with van der Waals surface area (Å²) in [6, 6.07) is 6.60. The van der Waals surface area contributed by atoms with Crippen LogP contribution in [-0.2, 0) is 4.79 Å². The molecule has 2 aliphatic rings. The van der Waals surface area contributed by atoms with E-state index in [1.165, 1.54) is 36.4 Å². The Morgan fingerprint density at radius 3 is 2.71 bits per heavy atom. The number of pyridine rings is 1. The van der Waals surface area contributed by atoms with Crippen LogP contribution in [0.1, 0.15) is 25.7 Å². The normalized spacial score (nSPS) is 20.7. The summed E-state index contributed by atoms with van der Waals surface area (Å²) < 4.78 is 0. The maximum atomic E-state index is 12.1. The van der Waals surface area contributed by atoms with Crippen molar-refractivity contribution >= 4 is 11.7 Å². The average Bonchev–Trinajstić information content (AvgIpc) is 3.02. The van der Waals surface area contributed by atoms with Crippen molar-refractivity contribution < 1.29 is 14.7 Å². The van der Waals surface area contributed by atoms with Crippen LogP contribution in [0.3, 0.4) is 0 Å². The van der Waals surface area contributed by atoms with Gasteiger partial charge in [-0.2, -0.15) is 0 Å². The predicted octanol–water partition coefficient (Wildman–Crippen LogP) is -0.736. The first-order valence-electron chi connectivity index (χ1n) is 8.16. The minimum atomic E-state index is 0.233. The highest BCUT2D eigenvalue weighted by Gasteiger charge is 2.28. The molecule has 3 N–H and O–H groups in total. The molecule has 1 aliphatic heterocycles. The quantitative estimate of drug-likeness (QED) is 0.768. The Morgan fingerprint density at radius 1 is 1.29 bits per heavy atom. The Morgan fingerprint density at radius 2 is 2.05 bits per heavy atom. The number of H-pyrrole nitrogens is 1. The van der Waals surface area contributed by atoms with E-state index in [1.54, 1.807) is 0 Å². The van der Waals surface area contributed by atoms with Gasteiger partial charge in [0.25, 0.3) is 11.7 Å². The zero-order chi connectivity index (χ0) is 14.5. The summed E-state index contributed by atoms with van der Waals surface area (Å²) in [6.45, 7) is 4.70. The highest BCUT2D eigenvalue weighted by molar-refractivity contribution is 5.77. The molecule has 5 nitrogen and oxygen atoms in total. The van der Waals surface area contributed by atoms with E-state index in [4.69, 9.17) is 0 Å². The summed E-state index contributed by atoms with van der Waals surface area (Å²) in [5, 5.41) is 3.19. The average molecular weight is 290 g/mol. The number of amides is 1. The minimum Gasteiger partial charge on any atom is -0.348 e. The summed E-state index contributed by atoms with van der Waals surface area (Å²) in [5.41, 5.74) is 0. The first-order valence-corrected chi connectivity index (χ1v) is 8.16. The molecule has 1 amide bonds. The fourth-order valence-corrected chi connectivity index (χ4v) is 3.40. The first-order chi connectivity index (χ1) is 10.3. The van der Waals surface area contributed by atoms with Gasteiger partial charge in [-0.25, -0.2) is 4.98 Å². The maximum absolute atomic E-state index is 12.1. The summed E-state index contributed by atoms with van der Waals surface area (Å²) in [5.74, 6) is 1.41. The van der Waals surface area contributed by atoms with E-state index in [0.29, 0.717) is 12.6 Å². The van der Waals surface area contributed by atoms with Gasteiger partial charge in [0, 0.05) is 12.1 Å². The molecule has 1 saturated heterocycles. The van der Waals surface area contributed by atoms with E-state index in [0.717, 1.165) is 26.2 Å². The number of nitrogens with zero attached hydrogens (tertiary/aromatic N) is 1. The standard InChI is InChI=1S/C16H24N4O/c21-16(18-14-5-1-2-6-14)13-19-9-11-20(12-10-19)15-7-3-4-8-17-15/h3-4,7-8,14H,1-2,5-6,9-13H2,(H,18,21)/p+2. The van der Waals surface area contributed by atoms with Crippen LogP contribution in [0.5, 0.6) is 0 Å². The SMILES string of the molecule is O=C(C[NH+]1CCN(c2cccc[nH+]2)CC1)NC1CCCC1. The van der Waals surface area contributed by atoms with Crippen LogP contribution in [0.4, 0.5) is 5.82 Å². The van der Waals surface area contributed by atoms with Crippen molar-refractivity contribution in [1.29, 1.82) is 0 Å². The molecule has 1 saturated carbocycles. The Balaban J connectivity index is 1.42. The molecule has 3 rings (SSSR count). The van der Waals surface area contributed by atoms with Gasteiger partial charge in [0.15, 0.2) is 6.54 Å². The van der Waals surface area contributed by atoms with Crippen LogP contribution >= 0.6 is 0 Å². The van der Waals surface area contributed by atoms with Gasteiger partial charge in [-0.3, -0.25) is 9.69 Å². The van der Waals surface area contributed by atoms with Crippen LogP contribution < -0.4 is 20.1 Å². The van der Waals surface area contributed by atoms with Crippen molar-refractivity contribution in [3.63, 3.8) is 0 Å². The second-order valence-corrected chi connectivity index (χ2v) is 6.21. The summed E-state index contributed by atoms with van der Waals surface area (Å²) >= 11 is 0. The predicted molar refractivity (Wildman–Crippen MR) is 81.2 cm³/mol. The third kappa shape index (κ3) is 3.94. The highest BCUT2D eigenvalue weighted by Crippen LogP contribution is 2.17. The van der Waals surface area contributed by atoms with E-state index in [1.807, 2.05) is 12.3 Å². The molecular weight excluding hydrogens is 264 g/mol.